The van der Waals surface area contributed by atoms with Crippen LogP contribution in [0.1, 0.15) is 45.4 Å². The van der Waals surface area contributed by atoms with Gasteiger partial charge in [-0.05, 0) is 62.8 Å². The first kappa shape index (κ1) is 26.7. The number of rotatable bonds is 15. The van der Waals surface area contributed by atoms with Crippen LogP contribution in [-0.2, 0) is 14.3 Å². The van der Waals surface area contributed by atoms with Crippen LogP contribution in [0.5, 0.6) is 11.5 Å². The molecule has 2 unspecified atom stereocenters. The average molecular weight is 479 g/mol. The van der Waals surface area contributed by atoms with E-state index in [2.05, 4.69) is 10.6 Å². The zero-order valence-electron chi connectivity index (χ0n) is 20.5. The Kier molecular flexibility index (Phi) is 11.9. The molecule has 1 saturated heterocycles. The summed E-state index contributed by atoms with van der Waals surface area (Å²) in [6.45, 7) is 6.37. The Balaban J connectivity index is 1.21. The van der Waals surface area contributed by atoms with Crippen LogP contribution in [0, 0.1) is 11.8 Å². The second kappa shape index (κ2) is 15.2. The van der Waals surface area contributed by atoms with Gasteiger partial charge in [0.1, 0.15) is 30.8 Å². The maximum absolute atomic E-state index is 12.2. The first-order valence-corrected chi connectivity index (χ1v) is 12.8. The molecule has 2 atom stereocenters. The topological polar surface area (TPSA) is 98.3 Å². The third-order valence-corrected chi connectivity index (χ3v) is 6.47. The SMILES string of the molecule is CC(CNC(=O)C1CCOCC1)NCC(O)COc1ccc(OCCOCC2CCCC2)cc1. The van der Waals surface area contributed by atoms with Crippen molar-refractivity contribution in [1.82, 2.24) is 10.6 Å². The molecule has 3 N–H and O–H groups in total. The Labute approximate surface area is 203 Å². The molecule has 34 heavy (non-hydrogen) atoms. The van der Waals surface area contributed by atoms with Crippen molar-refractivity contribution in [2.75, 3.05) is 52.7 Å². The molecule has 1 aliphatic heterocycles. The van der Waals surface area contributed by atoms with Crippen molar-refractivity contribution in [3.63, 3.8) is 0 Å². The minimum Gasteiger partial charge on any atom is -0.491 e. The molecule has 1 amide bonds. The molecule has 1 aromatic rings. The van der Waals surface area contributed by atoms with E-state index in [0.29, 0.717) is 45.3 Å². The van der Waals surface area contributed by atoms with E-state index in [0.717, 1.165) is 31.1 Å². The van der Waals surface area contributed by atoms with Crippen molar-refractivity contribution in [2.45, 2.75) is 57.6 Å². The van der Waals surface area contributed by atoms with Gasteiger partial charge in [0.15, 0.2) is 0 Å². The maximum atomic E-state index is 12.2. The summed E-state index contributed by atoms with van der Waals surface area (Å²) < 4.78 is 22.4. The molecular weight excluding hydrogens is 436 g/mol. The second-order valence-electron chi connectivity index (χ2n) is 9.45. The lowest BCUT2D eigenvalue weighted by Gasteiger charge is -2.23. The molecule has 192 valence electrons. The van der Waals surface area contributed by atoms with Crippen LogP contribution in [0.15, 0.2) is 24.3 Å². The fraction of sp³-hybridized carbons (Fsp3) is 0.731. The summed E-state index contributed by atoms with van der Waals surface area (Å²) in [6.07, 6.45) is 6.17. The van der Waals surface area contributed by atoms with Crippen LogP contribution in [0.2, 0.25) is 0 Å². The van der Waals surface area contributed by atoms with Gasteiger partial charge in [0.25, 0.3) is 0 Å². The number of aliphatic hydroxyl groups excluding tert-OH is 1. The minimum atomic E-state index is -0.651. The maximum Gasteiger partial charge on any atom is 0.223 e. The van der Waals surface area contributed by atoms with Gasteiger partial charge in [0.2, 0.25) is 5.91 Å². The molecule has 8 nitrogen and oxygen atoms in total. The summed E-state index contributed by atoms with van der Waals surface area (Å²) in [5, 5.41) is 16.4. The molecule has 2 aliphatic rings. The van der Waals surface area contributed by atoms with Gasteiger partial charge in [-0.1, -0.05) is 12.8 Å². The summed E-state index contributed by atoms with van der Waals surface area (Å²) in [4.78, 5) is 12.2. The van der Waals surface area contributed by atoms with Crippen LogP contribution < -0.4 is 20.1 Å². The summed E-state index contributed by atoms with van der Waals surface area (Å²) in [6, 6.07) is 7.45. The highest BCUT2D eigenvalue weighted by Gasteiger charge is 2.21. The molecule has 1 aromatic carbocycles. The third-order valence-electron chi connectivity index (χ3n) is 6.47. The van der Waals surface area contributed by atoms with Crippen molar-refractivity contribution in [3.05, 3.63) is 24.3 Å². The molecule has 2 fully saturated rings. The smallest absolute Gasteiger partial charge is 0.223 e. The number of amides is 1. The molecule has 1 aliphatic carbocycles. The Hall–Kier alpha value is -1.87. The molecule has 0 bridgehead atoms. The van der Waals surface area contributed by atoms with Crippen LogP contribution in [-0.4, -0.2) is 75.9 Å². The molecular formula is C26H42N2O6. The molecule has 1 saturated carbocycles. The molecule has 0 radical (unpaired) electrons. The molecule has 0 spiro atoms. The van der Waals surface area contributed by atoms with Crippen LogP contribution in [0.4, 0.5) is 0 Å². The number of aliphatic hydroxyl groups is 1. The van der Waals surface area contributed by atoms with Crippen LogP contribution in [0.25, 0.3) is 0 Å². The van der Waals surface area contributed by atoms with Gasteiger partial charge in [0.05, 0.1) is 6.61 Å². The Morgan fingerprint density at radius 2 is 1.71 bits per heavy atom. The highest BCUT2D eigenvalue weighted by atomic mass is 16.5. The Morgan fingerprint density at radius 3 is 2.41 bits per heavy atom. The van der Waals surface area contributed by atoms with Gasteiger partial charge in [0, 0.05) is 44.9 Å². The number of carbonyl (C=O) groups excluding carboxylic acids is 1. The predicted octanol–water partition coefficient (Wildman–Crippen LogP) is 2.53. The summed E-state index contributed by atoms with van der Waals surface area (Å²) >= 11 is 0. The summed E-state index contributed by atoms with van der Waals surface area (Å²) in [7, 11) is 0. The van der Waals surface area contributed by atoms with Crippen molar-refractivity contribution >= 4 is 5.91 Å². The average Bonchev–Trinajstić information content (AvgIpc) is 3.39. The lowest BCUT2D eigenvalue weighted by molar-refractivity contribution is -0.127. The number of hydrogen-bond donors (Lipinski definition) is 3. The zero-order chi connectivity index (χ0) is 24.0. The van der Waals surface area contributed by atoms with Crippen LogP contribution >= 0.6 is 0 Å². The van der Waals surface area contributed by atoms with Crippen molar-refractivity contribution < 1.29 is 28.8 Å². The predicted molar refractivity (Wildman–Crippen MR) is 130 cm³/mol. The zero-order valence-corrected chi connectivity index (χ0v) is 20.5. The van der Waals surface area contributed by atoms with Gasteiger partial charge >= 0.3 is 0 Å². The number of carbonyl (C=O) groups is 1. The lowest BCUT2D eigenvalue weighted by atomic mass is 9.99. The molecule has 1 heterocycles. The monoisotopic (exact) mass is 478 g/mol. The van der Waals surface area contributed by atoms with Gasteiger partial charge in [-0.15, -0.1) is 0 Å². The van der Waals surface area contributed by atoms with Gasteiger partial charge in [-0.3, -0.25) is 4.79 Å². The number of benzene rings is 1. The number of hydrogen-bond acceptors (Lipinski definition) is 7. The highest BCUT2D eigenvalue weighted by molar-refractivity contribution is 5.78. The van der Waals surface area contributed by atoms with Gasteiger partial charge in [-0.2, -0.15) is 0 Å². The fourth-order valence-electron chi connectivity index (χ4n) is 4.30. The normalized spacial score (nSPS) is 19.0. The van der Waals surface area contributed by atoms with E-state index >= 15 is 0 Å². The largest absolute Gasteiger partial charge is 0.491 e. The summed E-state index contributed by atoms with van der Waals surface area (Å²) in [5.41, 5.74) is 0. The van der Waals surface area contributed by atoms with Gasteiger partial charge < -0.3 is 34.7 Å². The van der Waals surface area contributed by atoms with E-state index in [9.17, 15) is 9.90 Å². The fourth-order valence-corrected chi connectivity index (χ4v) is 4.30. The minimum absolute atomic E-state index is 0.0478. The second-order valence-corrected chi connectivity index (χ2v) is 9.45. The first-order chi connectivity index (χ1) is 16.6. The van der Waals surface area contributed by atoms with Crippen molar-refractivity contribution in [3.8, 4) is 11.5 Å². The van der Waals surface area contributed by atoms with E-state index in [-0.39, 0.29) is 24.5 Å². The van der Waals surface area contributed by atoms with E-state index < -0.39 is 6.10 Å². The van der Waals surface area contributed by atoms with Crippen molar-refractivity contribution in [2.24, 2.45) is 11.8 Å². The highest BCUT2D eigenvalue weighted by Crippen LogP contribution is 2.24. The third kappa shape index (κ3) is 10.2. The first-order valence-electron chi connectivity index (χ1n) is 12.8. The van der Waals surface area contributed by atoms with Gasteiger partial charge in [-0.25, -0.2) is 0 Å². The van der Waals surface area contributed by atoms with E-state index in [1.165, 1.54) is 25.7 Å². The number of ether oxygens (including phenoxy) is 4. The van der Waals surface area contributed by atoms with Crippen molar-refractivity contribution in [1.29, 1.82) is 0 Å². The quantitative estimate of drug-likeness (QED) is 0.333. The van der Waals surface area contributed by atoms with E-state index in [1.54, 1.807) is 0 Å². The Morgan fingerprint density at radius 1 is 1.03 bits per heavy atom. The molecule has 0 aromatic heterocycles. The lowest BCUT2D eigenvalue weighted by Crippen LogP contribution is -2.44. The molecule has 8 heteroatoms. The van der Waals surface area contributed by atoms with E-state index in [1.807, 2.05) is 31.2 Å². The summed E-state index contributed by atoms with van der Waals surface area (Å²) in [5.74, 6) is 2.32. The number of nitrogens with one attached hydrogen (secondary N) is 2. The Bertz CT molecular complexity index is 689. The standard InChI is InChI=1S/C26H42N2O6/c1-20(16-28-26(30)22-10-12-31-13-11-22)27-17-23(29)19-34-25-8-6-24(7-9-25)33-15-14-32-18-21-4-2-3-5-21/h6-9,20-23,27,29H,2-5,10-19H2,1H3,(H,28,30). The van der Waals surface area contributed by atoms with Crippen LogP contribution in [0.3, 0.4) is 0 Å². The molecule has 3 rings (SSSR count). The van der Waals surface area contributed by atoms with E-state index in [4.69, 9.17) is 18.9 Å².